The molecule has 1 N–H and O–H groups in total. The van der Waals surface area contributed by atoms with Crippen LogP contribution in [0.2, 0.25) is 0 Å². The van der Waals surface area contributed by atoms with Gasteiger partial charge in [0.25, 0.3) is 0 Å². The van der Waals surface area contributed by atoms with Crippen molar-refractivity contribution in [1.82, 2.24) is 4.90 Å². The summed E-state index contributed by atoms with van der Waals surface area (Å²) in [6.45, 7) is 6.03. The molecule has 21 heavy (non-hydrogen) atoms. The third-order valence-electron chi connectivity index (χ3n) is 4.32. The summed E-state index contributed by atoms with van der Waals surface area (Å²) >= 11 is 0. The number of nitrogens with zero attached hydrogens (tertiary/aromatic N) is 1. The number of amides is 1. The Balaban J connectivity index is 2.27. The number of hydrogen-bond donors (Lipinski definition) is 1. The quantitative estimate of drug-likeness (QED) is 0.755. The fourth-order valence-corrected chi connectivity index (χ4v) is 3.03. The topological polar surface area (TPSA) is 49.8 Å². The Bertz CT molecular complexity index is 304. The van der Waals surface area contributed by atoms with E-state index in [0.717, 1.165) is 31.6 Å². The van der Waals surface area contributed by atoms with Crippen LogP contribution in [0, 0.1) is 5.92 Å². The van der Waals surface area contributed by atoms with Gasteiger partial charge in [0, 0.05) is 19.7 Å². The van der Waals surface area contributed by atoms with Crippen LogP contribution in [0.1, 0.15) is 72.1 Å². The standard InChI is InChI=1S/C17H33NO3/c1-17(2,3)21-16(20)18(4)15-11-9-14(10-12-15)8-6-5-7-13-19/h14-15,19H,5-13H2,1-4H3. The summed E-state index contributed by atoms with van der Waals surface area (Å²) in [5.74, 6) is 0.798. The van der Waals surface area contributed by atoms with Crippen LogP contribution >= 0.6 is 0 Å². The molecule has 1 aliphatic carbocycles. The molecule has 0 atom stereocenters. The maximum absolute atomic E-state index is 12.1. The molecule has 1 rings (SSSR count). The highest BCUT2D eigenvalue weighted by Gasteiger charge is 2.28. The van der Waals surface area contributed by atoms with Crippen molar-refractivity contribution in [2.75, 3.05) is 13.7 Å². The molecular formula is C17H33NO3. The molecule has 4 heteroatoms. The summed E-state index contributed by atoms with van der Waals surface area (Å²) < 4.78 is 5.43. The van der Waals surface area contributed by atoms with Crippen molar-refractivity contribution in [3.8, 4) is 0 Å². The van der Waals surface area contributed by atoms with E-state index in [0.29, 0.717) is 12.6 Å². The predicted octanol–water partition coefficient (Wildman–Crippen LogP) is 3.96. The minimum absolute atomic E-state index is 0.200. The Kier molecular flexibility index (Phi) is 7.50. The molecule has 0 saturated heterocycles. The first-order valence-corrected chi connectivity index (χ1v) is 8.40. The Morgan fingerprint density at radius 1 is 1.14 bits per heavy atom. The Hall–Kier alpha value is -0.770. The summed E-state index contributed by atoms with van der Waals surface area (Å²) in [5, 5.41) is 8.78. The van der Waals surface area contributed by atoms with Gasteiger partial charge in [-0.3, -0.25) is 0 Å². The van der Waals surface area contributed by atoms with Gasteiger partial charge >= 0.3 is 6.09 Å². The van der Waals surface area contributed by atoms with E-state index >= 15 is 0 Å². The third kappa shape index (κ3) is 7.16. The molecule has 0 aromatic rings. The maximum atomic E-state index is 12.1. The van der Waals surface area contributed by atoms with E-state index in [9.17, 15) is 4.79 Å². The molecule has 0 unspecified atom stereocenters. The van der Waals surface area contributed by atoms with Crippen molar-refractivity contribution in [1.29, 1.82) is 0 Å². The number of carbonyl (C=O) groups is 1. The van der Waals surface area contributed by atoms with Gasteiger partial charge < -0.3 is 14.7 Å². The second-order valence-electron chi connectivity index (χ2n) is 7.34. The maximum Gasteiger partial charge on any atom is 0.410 e. The lowest BCUT2D eigenvalue weighted by Crippen LogP contribution is -2.42. The van der Waals surface area contributed by atoms with E-state index in [-0.39, 0.29) is 6.09 Å². The summed E-state index contributed by atoms with van der Waals surface area (Å²) in [6, 6.07) is 0.327. The van der Waals surface area contributed by atoms with Crippen LogP contribution in [-0.2, 0) is 4.74 Å². The smallest absolute Gasteiger partial charge is 0.410 e. The highest BCUT2D eigenvalue weighted by molar-refractivity contribution is 5.68. The number of aliphatic hydroxyl groups is 1. The molecule has 4 nitrogen and oxygen atoms in total. The largest absolute Gasteiger partial charge is 0.444 e. The van der Waals surface area contributed by atoms with Crippen molar-refractivity contribution in [3.05, 3.63) is 0 Å². The van der Waals surface area contributed by atoms with Crippen molar-refractivity contribution < 1.29 is 14.6 Å². The molecule has 0 aromatic carbocycles. The van der Waals surface area contributed by atoms with Crippen LogP contribution in [0.25, 0.3) is 0 Å². The van der Waals surface area contributed by atoms with Crippen LogP contribution in [0.4, 0.5) is 4.79 Å². The van der Waals surface area contributed by atoms with Gasteiger partial charge in [-0.25, -0.2) is 4.79 Å². The first-order chi connectivity index (χ1) is 9.83. The van der Waals surface area contributed by atoms with E-state index in [4.69, 9.17) is 9.84 Å². The predicted molar refractivity (Wildman–Crippen MR) is 85.3 cm³/mol. The minimum atomic E-state index is -0.421. The van der Waals surface area contributed by atoms with Gasteiger partial charge in [-0.15, -0.1) is 0 Å². The lowest BCUT2D eigenvalue weighted by molar-refractivity contribution is 0.0170. The molecule has 0 aliphatic heterocycles. The molecule has 0 heterocycles. The average Bonchev–Trinajstić information content (AvgIpc) is 2.41. The number of ether oxygens (including phenoxy) is 1. The van der Waals surface area contributed by atoms with Crippen LogP contribution in [-0.4, -0.2) is 41.4 Å². The summed E-state index contributed by atoms with van der Waals surface area (Å²) in [6.07, 6.45) is 8.93. The fourth-order valence-electron chi connectivity index (χ4n) is 3.03. The molecule has 0 aromatic heterocycles. The van der Waals surface area contributed by atoms with Crippen LogP contribution in [0.5, 0.6) is 0 Å². The van der Waals surface area contributed by atoms with Gasteiger partial charge in [0.2, 0.25) is 0 Å². The second-order valence-corrected chi connectivity index (χ2v) is 7.34. The van der Waals surface area contributed by atoms with Gasteiger partial charge in [-0.1, -0.05) is 19.3 Å². The molecule has 1 saturated carbocycles. The zero-order chi connectivity index (χ0) is 15.9. The van der Waals surface area contributed by atoms with Gasteiger partial charge in [-0.2, -0.15) is 0 Å². The molecular weight excluding hydrogens is 266 g/mol. The van der Waals surface area contributed by atoms with E-state index in [1.165, 1.54) is 25.7 Å². The van der Waals surface area contributed by atoms with Crippen LogP contribution in [0.15, 0.2) is 0 Å². The van der Waals surface area contributed by atoms with Crippen molar-refractivity contribution in [2.24, 2.45) is 5.92 Å². The number of hydrogen-bond acceptors (Lipinski definition) is 3. The first kappa shape index (κ1) is 18.3. The molecule has 1 aliphatic rings. The van der Waals surface area contributed by atoms with Gasteiger partial charge in [0.15, 0.2) is 0 Å². The number of carbonyl (C=O) groups excluding carboxylic acids is 1. The van der Waals surface area contributed by atoms with E-state index in [1.54, 1.807) is 4.90 Å². The molecule has 124 valence electrons. The average molecular weight is 299 g/mol. The first-order valence-electron chi connectivity index (χ1n) is 8.40. The normalized spacial score (nSPS) is 22.9. The Morgan fingerprint density at radius 2 is 1.76 bits per heavy atom. The number of aliphatic hydroxyl groups excluding tert-OH is 1. The fraction of sp³-hybridized carbons (Fsp3) is 0.941. The Morgan fingerprint density at radius 3 is 2.29 bits per heavy atom. The highest BCUT2D eigenvalue weighted by Crippen LogP contribution is 2.31. The van der Waals surface area contributed by atoms with Crippen LogP contribution in [0.3, 0.4) is 0 Å². The molecule has 1 fully saturated rings. The molecule has 1 amide bonds. The SMILES string of the molecule is CN(C(=O)OC(C)(C)C)C1CCC(CCCCCO)CC1. The number of unbranched alkanes of at least 4 members (excludes halogenated alkanes) is 2. The highest BCUT2D eigenvalue weighted by atomic mass is 16.6. The van der Waals surface area contributed by atoms with Crippen molar-refractivity contribution in [2.45, 2.75) is 83.8 Å². The molecule has 0 spiro atoms. The van der Waals surface area contributed by atoms with Gasteiger partial charge in [0.1, 0.15) is 5.60 Å². The Labute approximate surface area is 129 Å². The zero-order valence-corrected chi connectivity index (χ0v) is 14.2. The van der Waals surface area contributed by atoms with Gasteiger partial charge in [-0.05, 0) is 58.8 Å². The summed E-state index contributed by atoms with van der Waals surface area (Å²) in [5.41, 5.74) is -0.421. The van der Waals surface area contributed by atoms with E-state index < -0.39 is 5.60 Å². The zero-order valence-electron chi connectivity index (χ0n) is 14.2. The van der Waals surface area contributed by atoms with Crippen LogP contribution < -0.4 is 0 Å². The third-order valence-corrected chi connectivity index (χ3v) is 4.32. The lowest BCUT2D eigenvalue weighted by Gasteiger charge is -2.35. The number of rotatable bonds is 6. The van der Waals surface area contributed by atoms with E-state index in [2.05, 4.69) is 0 Å². The van der Waals surface area contributed by atoms with Gasteiger partial charge in [0.05, 0.1) is 0 Å². The minimum Gasteiger partial charge on any atom is -0.444 e. The van der Waals surface area contributed by atoms with Crippen molar-refractivity contribution in [3.63, 3.8) is 0 Å². The summed E-state index contributed by atoms with van der Waals surface area (Å²) in [4.78, 5) is 13.8. The second kappa shape index (κ2) is 8.62. The lowest BCUT2D eigenvalue weighted by atomic mass is 9.82. The molecule has 0 radical (unpaired) electrons. The summed E-state index contributed by atoms with van der Waals surface area (Å²) in [7, 11) is 1.86. The molecule has 0 bridgehead atoms. The monoisotopic (exact) mass is 299 g/mol. The van der Waals surface area contributed by atoms with Crippen molar-refractivity contribution >= 4 is 6.09 Å². The van der Waals surface area contributed by atoms with E-state index in [1.807, 2.05) is 27.8 Å².